The van der Waals surface area contributed by atoms with Crippen molar-refractivity contribution in [1.29, 1.82) is 0 Å². The number of rotatable bonds is 7. The van der Waals surface area contributed by atoms with Crippen LogP contribution in [0.2, 0.25) is 0 Å². The molecular formula is C9H22IN3O2S2. The van der Waals surface area contributed by atoms with Crippen molar-refractivity contribution in [2.24, 2.45) is 4.99 Å². The maximum atomic E-state index is 10.9. The highest BCUT2D eigenvalue weighted by Gasteiger charge is 2.01. The van der Waals surface area contributed by atoms with Gasteiger partial charge >= 0.3 is 0 Å². The highest BCUT2D eigenvalue weighted by molar-refractivity contribution is 14.0. The van der Waals surface area contributed by atoms with E-state index in [1.54, 1.807) is 18.8 Å². The first-order valence-electron chi connectivity index (χ1n) is 5.11. The fourth-order valence-electron chi connectivity index (χ4n) is 1.03. The Morgan fingerprint density at radius 3 is 2.35 bits per heavy atom. The maximum absolute atomic E-state index is 10.9. The van der Waals surface area contributed by atoms with Gasteiger partial charge in [-0.2, -0.15) is 11.8 Å². The van der Waals surface area contributed by atoms with Crippen LogP contribution in [0.3, 0.4) is 0 Å². The average molecular weight is 395 g/mol. The van der Waals surface area contributed by atoms with Gasteiger partial charge in [0.2, 0.25) is 0 Å². The zero-order chi connectivity index (χ0) is 12.4. The second-order valence-electron chi connectivity index (χ2n) is 3.40. The van der Waals surface area contributed by atoms with E-state index in [1.807, 2.05) is 6.26 Å². The summed E-state index contributed by atoms with van der Waals surface area (Å²) in [6, 6.07) is 0. The van der Waals surface area contributed by atoms with Crippen molar-refractivity contribution < 1.29 is 8.42 Å². The van der Waals surface area contributed by atoms with Crippen molar-refractivity contribution in [3.8, 4) is 0 Å². The van der Waals surface area contributed by atoms with Crippen molar-refractivity contribution in [2.75, 3.05) is 44.2 Å². The largest absolute Gasteiger partial charge is 0.356 e. The van der Waals surface area contributed by atoms with Gasteiger partial charge in [-0.25, -0.2) is 8.42 Å². The van der Waals surface area contributed by atoms with Gasteiger partial charge in [-0.1, -0.05) is 0 Å². The Morgan fingerprint density at radius 1 is 1.29 bits per heavy atom. The first-order chi connectivity index (χ1) is 7.49. The van der Waals surface area contributed by atoms with Gasteiger partial charge in [0.15, 0.2) is 5.96 Å². The lowest BCUT2D eigenvalue weighted by molar-refractivity contribution is 0.598. The van der Waals surface area contributed by atoms with Gasteiger partial charge in [0.05, 0.1) is 5.75 Å². The number of nitrogens with one attached hydrogen (secondary N) is 2. The molecule has 2 N–H and O–H groups in total. The summed E-state index contributed by atoms with van der Waals surface area (Å²) in [5.74, 6) is 1.95. The van der Waals surface area contributed by atoms with Crippen LogP contribution < -0.4 is 10.6 Å². The van der Waals surface area contributed by atoms with Crippen molar-refractivity contribution >= 4 is 51.5 Å². The molecular weight excluding hydrogens is 373 g/mol. The van der Waals surface area contributed by atoms with Gasteiger partial charge in [-0.05, 0) is 12.7 Å². The summed E-state index contributed by atoms with van der Waals surface area (Å²) in [5, 5.41) is 6.20. The van der Waals surface area contributed by atoms with E-state index < -0.39 is 9.84 Å². The summed E-state index contributed by atoms with van der Waals surface area (Å²) >= 11 is 1.76. The molecule has 8 heteroatoms. The Labute approximate surface area is 126 Å². The fraction of sp³-hybridized carbons (Fsp3) is 0.889. The third-order valence-electron chi connectivity index (χ3n) is 1.81. The van der Waals surface area contributed by atoms with Crippen LogP contribution in [-0.4, -0.2) is 58.5 Å². The van der Waals surface area contributed by atoms with E-state index in [0.29, 0.717) is 13.0 Å². The van der Waals surface area contributed by atoms with Gasteiger partial charge in [-0.15, -0.1) is 24.0 Å². The van der Waals surface area contributed by atoms with Crippen LogP contribution in [0.4, 0.5) is 0 Å². The second-order valence-corrected chi connectivity index (χ2v) is 6.65. The molecule has 0 saturated heterocycles. The lowest BCUT2D eigenvalue weighted by atomic mass is 10.5. The van der Waals surface area contributed by atoms with E-state index in [2.05, 4.69) is 15.6 Å². The number of nitrogens with zero attached hydrogens (tertiary/aromatic N) is 1. The summed E-state index contributed by atoms with van der Waals surface area (Å²) in [6.07, 6.45) is 3.89. The number of guanidine groups is 1. The van der Waals surface area contributed by atoms with Gasteiger partial charge in [0, 0.05) is 32.1 Å². The molecule has 0 aliphatic heterocycles. The standard InChI is InChI=1S/C9H21N3O2S2.HI/c1-10-9(12-6-7-15-2)11-5-4-8-16(3,13)14;/h4-8H2,1-3H3,(H2,10,11,12);1H. The first-order valence-corrected chi connectivity index (χ1v) is 8.56. The molecule has 0 spiro atoms. The van der Waals surface area contributed by atoms with Gasteiger partial charge in [-0.3, -0.25) is 4.99 Å². The lowest BCUT2D eigenvalue weighted by Gasteiger charge is -2.10. The Morgan fingerprint density at radius 2 is 1.88 bits per heavy atom. The molecule has 5 nitrogen and oxygen atoms in total. The quantitative estimate of drug-likeness (QED) is 0.286. The molecule has 0 aliphatic rings. The number of halogens is 1. The molecule has 0 bridgehead atoms. The van der Waals surface area contributed by atoms with E-state index >= 15 is 0 Å². The normalized spacial score (nSPS) is 11.8. The highest BCUT2D eigenvalue weighted by Crippen LogP contribution is 1.88. The zero-order valence-electron chi connectivity index (χ0n) is 10.5. The highest BCUT2D eigenvalue weighted by atomic mass is 127. The molecule has 0 aromatic carbocycles. The van der Waals surface area contributed by atoms with Crippen LogP contribution in [0.1, 0.15) is 6.42 Å². The molecule has 0 atom stereocenters. The topological polar surface area (TPSA) is 70.6 Å². The van der Waals surface area contributed by atoms with Crippen LogP contribution >= 0.6 is 35.7 Å². The number of sulfone groups is 1. The van der Waals surface area contributed by atoms with E-state index in [1.165, 1.54) is 6.26 Å². The molecule has 0 aromatic heterocycles. The van der Waals surface area contributed by atoms with Gasteiger partial charge < -0.3 is 10.6 Å². The monoisotopic (exact) mass is 395 g/mol. The van der Waals surface area contributed by atoms with Crippen molar-refractivity contribution in [3.05, 3.63) is 0 Å². The first kappa shape index (κ1) is 19.6. The number of hydrogen-bond donors (Lipinski definition) is 2. The molecule has 0 radical (unpaired) electrons. The molecule has 17 heavy (non-hydrogen) atoms. The second kappa shape index (κ2) is 11.4. The van der Waals surface area contributed by atoms with Crippen LogP contribution in [0.15, 0.2) is 4.99 Å². The smallest absolute Gasteiger partial charge is 0.191 e. The number of hydrogen-bond acceptors (Lipinski definition) is 4. The SMILES string of the molecule is CN=C(NCCCS(C)(=O)=O)NCCSC.I. The molecule has 0 unspecified atom stereocenters. The Balaban J connectivity index is 0. The Bertz CT molecular complexity index is 307. The van der Waals surface area contributed by atoms with Crippen LogP contribution in [0.5, 0.6) is 0 Å². The van der Waals surface area contributed by atoms with E-state index in [4.69, 9.17) is 0 Å². The zero-order valence-corrected chi connectivity index (χ0v) is 14.5. The van der Waals surface area contributed by atoms with Gasteiger partial charge in [0.25, 0.3) is 0 Å². The third kappa shape index (κ3) is 14.2. The minimum absolute atomic E-state index is 0. The molecule has 104 valence electrons. The molecule has 0 amide bonds. The molecule has 0 saturated carbocycles. The minimum atomic E-state index is -2.85. The van der Waals surface area contributed by atoms with Crippen LogP contribution in [0, 0.1) is 0 Å². The van der Waals surface area contributed by atoms with E-state index in [-0.39, 0.29) is 29.7 Å². The summed E-state index contributed by atoms with van der Waals surface area (Å²) in [4.78, 5) is 4.03. The predicted molar refractivity (Wildman–Crippen MR) is 87.5 cm³/mol. The fourth-order valence-corrected chi connectivity index (χ4v) is 2.01. The maximum Gasteiger partial charge on any atom is 0.191 e. The molecule has 0 aromatic rings. The molecule has 0 fully saturated rings. The predicted octanol–water partition coefficient (Wildman–Crippen LogP) is 0.567. The minimum Gasteiger partial charge on any atom is -0.356 e. The summed E-state index contributed by atoms with van der Waals surface area (Å²) in [6.45, 7) is 1.47. The molecule has 0 heterocycles. The molecule has 0 rings (SSSR count). The van der Waals surface area contributed by atoms with E-state index in [0.717, 1.165) is 18.3 Å². The third-order valence-corrected chi connectivity index (χ3v) is 3.45. The van der Waals surface area contributed by atoms with Crippen molar-refractivity contribution in [3.63, 3.8) is 0 Å². The van der Waals surface area contributed by atoms with E-state index in [9.17, 15) is 8.42 Å². The van der Waals surface area contributed by atoms with Crippen molar-refractivity contribution in [2.45, 2.75) is 6.42 Å². The summed E-state index contributed by atoms with van der Waals surface area (Å²) in [5.41, 5.74) is 0. The average Bonchev–Trinajstić information content (AvgIpc) is 2.20. The van der Waals surface area contributed by atoms with Crippen LogP contribution in [-0.2, 0) is 9.84 Å². The molecule has 0 aliphatic carbocycles. The summed E-state index contributed by atoms with van der Waals surface area (Å²) in [7, 11) is -1.15. The Hall–Kier alpha value is 0.300. The number of thioether (sulfide) groups is 1. The van der Waals surface area contributed by atoms with Crippen molar-refractivity contribution in [1.82, 2.24) is 10.6 Å². The summed E-state index contributed by atoms with van der Waals surface area (Å²) < 4.78 is 21.8. The Kier molecular flexibility index (Phi) is 13.2. The van der Waals surface area contributed by atoms with Gasteiger partial charge in [0.1, 0.15) is 9.84 Å². The van der Waals surface area contributed by atoms with Crippen LogP contribution in [0.25, 0.3) is 0 Å². The number of aliphatic imine (C=N–C) groups is 1. The lowest BCUT2D eigenvalue weighted by Crippen LogP contribution is -2.39.